The first-order valence-corrected chi connectivity index (χ1v) is 7.83. The van der Waals surface area contributed by atoms with E-state index in [-0.39, 0.29) is 24.7 Å². The Balaban J connectivity index is 1.64. The van der Waals surface area contributed by atoms with E-state index in [4.69, 9.17) is 0 Å². The summed E-state index contributed by atoms with van der Waals surface area (Å²) >= 11 is 1.59. The highest BCUT2D eigenvalue weighted by molar-refractivity contribution is 7.09. The summed E-state index contributed by atoms with van der Waals surface area (Å²) in [4.78, 5) is 38.7. The molecule has 114 valence electrons. The zero-order valence-electron chi connectivity index (χ0n) is 11.8. The number of thiophene rings is 1. The number of hydrogen-bond acceptors (Lipinski definition) is 4. The Labute approximate surface area is 127 Å². The quantitative estimate of drug-likeness (QED) is 0.776. The Morgan fingerprint density at radius 2 is 2.00 bits per heavy atom. The topological polar surface area (TPSA) is 69.7 Å². The third-order valence-electron chi connectivity index (χ3n) is 3.42. The summed E-state index contributed by atoms with van der Waals surface area (Å²) < 4.78 is 0. The number of piperazine rings is 1. The Bertz CT molecular complexity index is 482. The zero-order valence-corrected chi connectivity index (χ0v) is 12.6. The molecular formula is C14H19N3O3S. The van der Waals surface area contributed by atoms with Crippen molar-refractivity contribution in [3.8, 4) is 0 Å². The van der Waals surface area contributed by atoms with Gasteiger partial charge in [0, 0.05) is 43.9 Å². The van der Waals surface area contributed by atoms with Crippen LogP contribution in [0.4, 0.5) is 0 Å². The fourth-order valence-corrected chi connectivity index (χ4v) is 2.79. The summed E-state index contributed by atoms with van der Waals surface area (Å²) in [5.74, 6) is -0.130. The first-order chi connectivity index (χ1) is 10.2. The standard InChI is InChI=1S/C14H19N3O3S/c18-11-16-5-7-17(8-6-16)14(20)4-3-13(19)15-10-12-2-1-9-21-12/h1-2,9,11H,3-8,10H2,(H,15,19). The molecule has 21 heavy (non-hydrogen) atoms. The summed E-state index contributed by atoms with van der Waals surface area (Å²) in [6.07, 6.45) is 1.23. The molecule has 3 amide bonds. The highest BCUT2D eigenvalue weighted by Gasteiger charge is 2.20. The average molecular weight is 309 g/mol. The molecule has 1 aromatic heterocycles. The second kappa shape index (κ2) is 7.78. The molecule has 0 saturated carbocycles. The molecule has 0 aromatic carbocycles. The molecular weight excluding hydrogens is 290 g/mol. The fraction of sp³-hybridized carbons (Fsp3) is 0.500. The number of nitrogens with zero attached hydrogens (tertiary/aromatic N) is 2. The van der Waals surface area contributed by atoms with E-state index in [0.717, 1.165) is 11.3 Å². The minimum atomic E-state index is -0.108. The molecule has 1 aliphatic rings. The van der Waals surface area contributed by atoms with Crippen molar-refractivity contribution in [2.75, 3.05) is 26.2 Å². The molecule has 1 aliphatic heterocycles. The first-order valence-electron chi connectivity index (χ1n) is 6.95. The fourth-order valence-electron chi connectivity index (χ4n) is 2.14. The van der Waals surface area contributed by atoms with Gasteiger partial charge in [0.2, 0.25) is 18.2 Å². The highest BCUT2D eigenvalue weighted by atomic mass is 32.1. The van der Waals surface area contributed by atoms with E-state index in [2.05, 4.69) is 5.32 Å². The van der Waals surface area contributed by atoms with Gasteiger partial charge in [0.25, 0.3) is 0 Å². The summed E-state index contributed by atoms with van der Waals surface area (Å²) in [6.45, 7) is 2.76. The third-order valence-corrected chi connectivity index (χ3v) is 4.30. The van der Waals surface area contributed by atoms with Crippen LogP contribution in [0, 0.1) is 0 Å². The number of carbonyl (C=O) groups is 3. The van der Waals surface area contributed by atoms with E-state index in [1.54, 1.807) is 21.1 Å². The van der Waals surface area contributed by atoms with Crippen molar-refractivity contribution in [3.05, 3.63) is 22.4 Å². The van der Waals surface area contributed by atoms with Gasteiger partial charge in [0.05, 0.1) is 6.54 Å². The lowest BCUT2D eigenvalue weighted by molar-refractivity contribution is -0.136. The minimum absolute atomic E-state index is 0.0215. The molecule has 7 heteroatoms. The van der Waals surface area contributed by atoms with Gasteiger partial charge in [-0.25, -0.2) is 0 Å². The summed E-state index contributed by atoms with van der Waals surface area (Å²) in [5, 5.41) is 4.77. The van der Waals surface area contributed by atoms with E-state index in [0.29, 0.717) is 32.7 Å². The molecule has 2 heterocycles. The van der Waals surface area contributed by atoms with E-state index >= 15 is 0 Å². The maximum absolute atomic E-state index is 12.0. The molecule has 1 N–H and O–H groups in total. The number of hydrogen-bond donors (Lipinski definition) is 1. The van der Waals surface area contributed by atoms with Crippen molar-refractivity contribution >= 4 is 29.6 Å². The Kier molecular flexibility index (Phi) is 5.74. The summed E-state index contributed by atoms with van der Waals surface area (Å²) in [7, 11) is 0. The van der Waals surface area contributed by atoms with Crippen molar-refractivity contribution < 1.29 is 14.4 Å². The third kappa shape index (κ3) is 4.86. The molecule has 1 fully saturated rings. The smallest absolute Gasteiger partial charge is 0.223 e. The van der Waals surface area contributed by atoms with Gasteiger partial charge in [-0.2, -0.15) is 0 Å². The van der Waals surface area contributed by atoms with Gasteiger partial charge >= 0.3 is 0 Å². The number of carbonyl (C=O) groups excluding carboxylic acids is 3. The molecule has 1 aromatic rings. The van der Waals surface area contributed by atoms with Gasteiger partial charge < -0.3 is 15.1 Å². The summed E-state index contributed by atoms with van der Waals surface area (Å²) in [5.41, 5.74) is 0. The van der Waals surface area contributed by atoms with Crippen LogP contribution in [0.5, 0.6) is 0 Å². The number of amides is 3. The lowest BCUT2D eigenvalue weighted by Gasteiger charge is -2.32. The van der Waals surface area contributed by atoms with Crippen molar-refractivity contribution in [1.29, 1.82) is 0 Å². The Hall–Kier alpha value is -1.89. The molecule has 1 saturated heterocycles. The van der Waals surface area contributed by atoms with Gasteiger partial charge in [-0.05, 0) is 11.4 Å². The number of nitrogens with one attached hydrogen (secondary N) is 1. The van der Waals surface area contributed by atoms with Gasteiger partial charge in [-0.15, -0.1) is 11.3 Å². The largest absolute Gasteiger partial charge is 0.351 e. The Morgan fingerprint density at radius 1 is 1.24 bits per heavy atom. The van der Waals surface area contributed by atoms with Crippen LogP contribution in [0.3, 0.4) is 0 Å². The molecule has 0 aliphatic carbocycles. The van der Waals surface area contributed by atoms with Crippen LogP contribution in [0.15, 0.2) is 17.5 Å². The molecule has 0 radical (unpaired) electrons. The van der Waals surface area contributed by atoms with Crippen LogP contribution in [0.1, 0.15) is 17.7 Å². The SMILES string of the molecule is O=CN1CCN(C(=O)CCC(=O)NCc2cccs2)CC1. The van der Waals surface area contributed by atoms with Crippen LogP contribution < -0.4 is 5.32 Å². The van der Waals surface area contributed by atoms with Crippen LogP contribution in [-0.2, 0) is 20.9 Å². The van der Waals surface area contributed by atoms with Gasteiger partial charge in [-0.1, -0.05) is 6.07 Å². The molecule has 0 bridgehead atoms. The van der Waals surface area contributed by atoms with Gasteiger partial charge in [-0.3, -0.25) is 14.4 Å². The van der Waals surface area contributed by atoms with E-state index < -0.39 is 0 Å². The normalized spacial score (nSPS) is 14.9. The van der Waals surface area contributed by atoms with Crippen LogP contribution in [0.25, 0.3) is 0 Å². The predicted octanol–water partition coefficient (Wildman–Crippen LogP) is 0.445. The predicted molar refractivity (Wildman–Crippen MR) is 79.6 cm³/mol. The monoisotopic (exact) mass is 309 g/mol. The lowest BCUT2D eigenvalue weighted by Crippen LogP contribution is -2.48. The van der Waals surface area contributed by atoms with E-state index in [9.17, 15) is 14.4 Å². The second-order valence-electron chi connectivity index (χ2n) is 4.88. The first kappa shape index (κ1) is 15.5. The molecule has 2 rings (SSSR count). The van der Waals surface area contributed by atoms with E-state index in [1.807, 2.05) is 17.5 Å². The molecule has 6 nitrogen and oxygen atoms in total. The summed E-state index contributed by atoms with van der Waals surface area (Å²) in [6, 6.07) is 3.90. The van der Waals surface area contributed by atoms with Crippen molar-refractivity contribution in [2.24, 2.45) is 0 Å². The highest BCUT2D eigenvalue weighted by Crippen LogP contribution is 2.08. The van der Waals surface area contributed by atoms with Crippen LogP contribution >= 0.6 is 11.3 Å². The molecule has 0 atom stereocenters. The zero-order chi connectivity index (χ0) is 15.1. The Morgan fingerprint density at radius 3 is 2.62 bits per heavy atom. The molecule has 0 unspecified atom stereocenters. The average Bonchev–Trinajstić information content (AvgIpc) is 3.04. The van der Waals surface area contributed by atoms with Crippen molar-refractivity contribution in [1.82, 2.24) is 15.1 Å². The maximum Gasteiger partial charge on any atom is 0.223 e. The van der Waals surface area contributed by atoms with Crippen molar-refractivity contribution in [2.45, 2.75) is 19.4 Å². The van der Waals surface area contributed by atoms with Gasteiger partial charge in [0.1, 0.15) is 0 Å². The van der Waals surface area contributed by atoms with E-state index in [1.165, 1.54) is 0 Å². The second-order valence-corrected chi connectivity index (χ2v) is 5.91. The maximum atomic E-state index is 12.0. The molecule has 0 spiro atoms. The van der Waals surface area contributed by atoms with Crippen LogP contribution in [0.2, 0.25) is 0 Å². The van der Waals surface area contributed by atoms with Crippen LogP contribution in [-0.4, -0.2) is 54.2 Å². The number of rotatable bonds is 6. The minimum Gasteiger partial charge on any atom is -0.351 e. The van der Waals surface area contributed by atoms with Crippen molar-refractivity contribution in [3.63, 3.8) is 0 Å². The van der Waals surface area contributed by atoms with Gasteiger partial charge in [0.15, 0.2) is 0 Å². The lowest BCUT2D eigenvalue weighted by atomic mass is 10.2.